The topological polar surface area (TPSA) is 88.9 Å². The molecule has 1 aromatic carbocycles. The first-order chi connectivity index (χ1) is 12.6. The zero-order chi connectivity index (χ0) is 18.0. The number of fused-ring (bicyclic) bond motifs is 1. The molecule has 0 aliphatic carbocycles. The number of carbonyl (C=O) groups is 1. The van der Waals surface area contributed by atoms with E-state index in [-0.39, 0.29) is 11.6 Å². The minimum atomic E-state index is -0.234. The van der Waals surface area contributed by atoms with Gasteiger partial charge < -0.3 is 29.4 Å². The van der Waals surface area contributed by atoms with Crippen LogP contribution in [-0.2, 0) is 9.47 Å². The van der Waals surface area contributed by atoms with Crippen molar-refractivity contribution in [3.63, 3.8) is 0 Å². The maximum Gasteiger partial charge on any atom is 0.319 e. The summed E-state index contributed by atoms with van der Waals surface area (Å²) in [6.45, 7) is 6.27. The van der Waals surface area contributed by atoms with Gasteiger partial charge in [-0.2, -0.15) is 4.98 Å². The highest BCUT2D eigenvalue weighted by Gasteiger charge is 2.29. The minimum Gasteiger partial charge on any atom is -0.423 e. The molecule has 2 N–H and O–H groups in total. The molecule has 0 radical (unpaired) electrons. The fraction of sp³-hybridized carbons (Fsp3) is 0.556. The van der Waals surface area contributed by atoms with Crippen molar-refractivity contribution in [1.82, 2.24) is 10.3 Å². The Hall–Kier alpha value is -2.32. The van der Waals surface area contributed by atoms with Crippen molar-refractivity contribution < 1.29 is 18.7 Å². The third kappa shape index (κ3) is 3.76. The zero-order valence-corrected chi connectivity index (χ0v) is 14.9. The molecular formula is C18H24N4O4. The number of nitrogens with one attached hydrogen (secondary N) is 2. The first-order valence-corrected chi connectivity index (χ1v) is 9.02. The van der Waals surface area contributed by atoms with Crippen LogP contribution in [0, 0.1) is 0 Å². The molecule has 2 amide bonds. The number of urea groups is 1. The second kappa shape index (κ2) is 7.13. The number of hydrogen-bond acceptors (Lipinski definition) is 6. The average Bonchev–Trinajstić information content (AvgIpc) is 3.06. The Balaban J connectivity index is 1.44. The quantitative estimate of drug-likeness (QED) is 0.873. The van der Waals surface area contributed by atoms with Crippen LogP contribution in [0.2, 0.25) is 0 Å². The predicted molar refractivity (Wildman–Crippen MR) is 97.7 cm³/mol. The number of amides is 2. The van der Waals surface area contributed by atoms with Gasteiger partial charge in [0.25, 0.3) is 6.01 Å². The maximum absolute atomic E-state index is 12.3. The van der Waals surface area contributed by atoms with E-state index < -0.39 is 0 Å². The van der Waals surface area contributed by atoms with Crippen LogP contribution in [0.25, 0.3) is 11.1 Å². The summed E-state index contributed by atoms with van der Waals surface area (Å²) in [6.07, 6.45) is 1.62. The van der Waals surface area contributed by atoms with Gasteiger partial charge in [-0.3, -0.25) is 0 Å². The Morgan fingerprint density at radius 2 is 1.88 bits per heavy atom. The van der Waals surface area contributed by atoms with E-state index in [1.54, 1.807) is 6.07 Å². The number of nitrogens with zero attached hydrogens (tertiary/aromatic N) is 2. The summed E-state index contributed by atoms with van der Waals surface area (Å²) in [6, 6.07) is 5.87. The lowest BCUT2D eigenvalue weighted by molar-refractivity contribution is 0.0500. The van der Waals surface area contributed by atoms with Crippen LogP contribution in [0.3, 0.4) is 0 Å². The third-order valence-corrected chi connectivity index (χ3v) is 4.93. The van der Waals surface area contributed by atoms with Crippen molar-refractivity contribution >= 4 is 28.8 Å². The Kier molecular flexibility index (Phi) is 4.69. The summed E-state index contributed by atoms with van der Waals surface area (Å²) in [5, 5.41) is 5.93. The van der Waals surface area contributed by atoms with Crippen molar-refractivity contribution in [2.24, 2.45) is 0 Å². The van der Waals surface area contributed by atoms with Gasteiger partial charge in [0.1, 0.15) is 5.52 Å². The molecular weight excluding hydrogens is 336 g/mol. The van der Waals surface area contributed by atoms with E-state index in [0.29, 0.717) is 43.7 Å². The minimum absolute atomic E-state index is 0.221. The van der Waals surface area contributed by atoms with Gasteiger partial charge in [0.2, 0.25) is 0 Å². The molecule has 0 unspecified atom stereocenters. The summed E-state index contributed by atoms with van der Waals surface area (Å²) in [4.78, 5) is 18.9. The fourth-order valence-corrected chi connectivity index (χ4v) is 3.26. The average molecular weight is 360 g/mol. The lowest BCUT2D eigenvalue weighted by Crippen LogP contribution is -2.51. The van der Waals surface area contributed by atoms with E-state index in [1.165, 1.54) is 0 Å². The summed E-state index contributed by atoms with van der Waals surface area (Å²) in [5.74, 6) is 0. The standard InChI is InChI=1S/C18H24N4O4/c1-18(4-8-24-9-5-18)21-16(23)19-13-2-3-14-15(12-13)26-17(20-14)22-6-10-25-11-7-22/h2-3,12H,4-11H2,1H3,(H2,19,21,23). The van der Waals surface area contributed by atoms with Gasteiger partial charge in [-0.25, -0.2) is 4.79 Å². The summed E-state index contributed by atoms with van der Waals surface area (Å²) in [5.41, 5.74) is 1.87. The number of hydrogen-bond donors (Lipinski definition) is 2. The predicted octanol–water partition coefficient (Wildman–Crippen LogP) is 2.36. The first-order valence-electron chi connectivity index (χ1n) is 9.02. The van der Waals surface area contributed by atoms with Gasteiger partial charge in [0, 0.05) is 43.6 Å². The van der Waals surface area contributed by atoms with E-state index in [1.807, 2.05) is 19.1 Å². The summed E-state index contributed by atoms with van der Waals surface area (Å²) >= 11 is 0. The monoisotopic (exact) mass is 360 g/mol. The molecule has 3 heterocycles. The maximum atomic E-state index is 12.3. The van der Waals surface area contributed by atoms with E-state index in [9.17, 15) is 4.79 Å². The highest BCUT2D eigenvalue weighted by molar-refractivity contribution is 5.92. The highest BCUT2D eigenvalue weighted by Crippen LogP contribution is 2.25. The molecule has 0 bridgehead atoms. The lowest BCUT2D eigenvalue weighted by atomic mass is 9.93. The second-order valence-corrected chi connectivity index (χ2v) is 7.03. The number of aromatic nitrogens is 1. The van der Waals surface area contributed by atoms with Crippen LogP contribution in [-0.4, -0.2) is 56.1 Å². The number of anilines is 2. The molecule has 0 atom stereocenters. The molecule has 140 valence electrons. The Bertz CT molecular complexity index is 779. The van der Waals surface area contributed by atoms with Crippen LogP contribution in [0.5, 0.6) is 0 Å². The molecule has 4 rings (SSSR count). The molecule has 2 saturated heterocycles. The van der Waals surface area contributed by atoms with Crippen molar-refractivity contribution in [3.8, 4) is 0 Å². The molecule has 2 aliphatic rings. The number of oxazole rings is 1. The molecule has 26 heavy (non-hydrogen) atoms. The molecule has 0 saturated carbocycles. The van der Waals surface area contributed by atoms with Crippen molar-refractivity contribution in [1.29, 1.82) is 0 Å². The molecule has 2 aliphatic heterocycles. The number of morpholine rings is 1. The van der Waals surface area contributed by atoms with Gasteiger partial charge in [-0.05, 0) is 31.9 Å². The van der Waals surface area contributed by atoms with Crippen LogP contribution < -0.4 is 15.5 Å². The SMILES string of the molecule is CC1(NC(=O)Nc2ccc3nc(N4CCOCC4)oc3c2)CCOCC1. The largest absolute Gasteiger partial charge is 0.423 e. The van der Waals surface area contributed by atoms with Crippen molar-refractivity contribution in [2.75, 3.05) is 49.7 Å². The summed E-state index contributed by atoms with van der Waals surface area (Å²) in [7, 11) is 0. The van der Waals surface area contributed by atoms with E-state index in [4.69, 9.17) is 13.9 Å². The van der Waals surface area contributed by atoms with E-state index in [0.717, 1.165) is 31.4 Å². The second-order valence-electron chi connectivity index (χ2n) is 7.03. The number of rotatable bonds is 3. The number of benzene rings is 1. The van der Waals surface area contributed by atoms with Crippen LogP contribution in [0.15, 0.2) is 22.6 Å². The summed E-state index contributed by atoms with van der Waals surface area (Å²) < 4.78 is 16.6. The normalized spacial score (nSPS) is 20.1. The highest BCUT2D eigenvalue weighted by atomic mass is 16.5. The van der Waals surface area contributed by atoms with Gasteiger partial charge in [0.05, 0.1) is 13.2 Å². The first kappa shape index (κ1) is 17.1. The lowest BCUT2D eigenvalue weighted by Gasteiger charge is -2.34. The Morgan fingerprint density at radius 3 is 2.65 bits per heavy atom. The molecule has 2 aromatic rings. The van der Waals surface area contributed by atoms with Crippen LogP contribution >= 0.6 is 0 Å². The van der Waals surface area contributed by atoms with Crippen LogP contribution in [0.1, 0.15) is 19.8 Å². The molecule has 1 aromatic heterocycles. The smallest absolute Gasteiger partial charge is 0.319 e. The third-order valence-electron chi connectivity index (χ3n) is 4.93. The number of ether oxygens (including phenoxy) is 2. The number of carbonyl (C=O) groups excluding carboxylic acids is 1. The van der Waals surface area contributed by atoms with Gasteiger partial charge in [-0.15, -0.1) is 0 Å². The van der Waals surface area contributed by atoms with Gasteiger partial charge >= 0.3 is 6.03 Å². The van der Waals surface area contributed by atoms with E-state index in [2.05, 4.69) is 20.5 Å². The molecule has 8 heteroatoms. The molecule has 8 nitrogen and oxygen atoms in total. The zero-order valence-electron chi connectivity index (χ0n) is 14.9. The van der Waals surface area contributed by atoms with Gasteiger partial charge in [0.15, 0.2) is 5.58 Å². The Morgan fingerprint density at radius 1 is 1.15 bits per heavy atom. The van der Waals surface area contributed by atoms with Crippen molar-refractivity contribution in [2.45, 2.75) is 25.3 Å². The Labute approximate surface area is 151 Å². The van der Waals surface area contributed by atoms with Crippen molar-refractivity contribution in [3.05, 3.63) is 18.2 Å². The van der Waals surface area contributed by atoms with Crippen LogP contribution in [0.4, 0.5) is 16.5 Å². The fourth-order valence-electron chi connectivity index (χ4n) is 3.26. The molecule has 0 spiro atoms. The van der Waals surface area contributed by atoms with E-state index >= 15 is 0 Å². The van der Waals surface area contributed by atoms with Gasteiger partial charge in [-0.1, -0.05) is 0 Å². The molecule has 2 fully saturated rings.